The molecule has 1 amide bonds. The maximum absolute atomic E-state index is 12.7. The minimum absolute atomic E-state index is 0.0757. The highest BCUT2D eigenvalue weighted by Gasteiger charge is 2.29. The summed E-state index contributed by atoms with van der Waals surface area (Å²) in [6.07, 6.45) is 0.178. The maximum Gasteiger partial charge on any atom is 0.222 e. The molecule has 1 aromatic heterocycles. The number of nitrogens with zero attached hydrogens (tertiary/aromatic N) is 4. The van der Waals surface area contributed by atoms with Crippen molar-refractivity contribution in [2.45, 2.75) is 39.8 Å². The molecule has 0 bridgehead atoms. The number of carbonyl (C=O) groups is 1. The zero-order valence-electron chi connectivity index (χ0n) is 21.8. The summed E-state index contributed by atoms with van der Waals surface area (Å²) in [5.74, 6) is 1.32. The van der Waals surface area contributed by atoms with E-state index in [0.29, 0.717) is 17.4 Å². The molecule has 0 fully saturated rings. The Bertz CT molecular complexity index is 1470. The third kappa shape index (κ3) is 5.26. The van der Waals surface area contributed by atoms with Crippen molar-refractivity contribution in [3.05, 3.63) is 100 Å². The van der Waals surface area contributed by atoms with Crippen molar-refractivity contribution in [1.82, 2.24) is 25.4 Å². The van der Waals surface area contributed by atoms with Crippen molar-refractivity contribution in [1.29, 1.82) is 0 Å². The molecule has 2 N–H and O–H groups in total. The Morgan fingerprint density at radius 1 is 0.921 bits per heavy atom. The number of amides is 1. The lowest BCUT2D eigenvalue weighted by molar-refractivity contribution is -0.121. The Morgan fingerprint density at radius 3 is 2.34 bits per heavy atom. The predicted octanol–water partition coefficient (Wildman–Crippen LogP) is 5.42. The molecule has 1 aliphatic heterocycles. The van der Waals surface area contributed by atoms with Crippen LogP contribution in [0.25, 0.3) is 16.8 Å². The van der Waals surface area contributed by atoms with E-state index in [1.165, 1.54) is 5.56 Å². The molecule has 0 radical (unpaired) electrons. The van der Waals surface area contributed by atoms with Crippen LogP contribution >= 0.6 is 11.6 Å². The van der Waals surface area contributed by atoms with Gasteiger partial charge in [-0.1, -0.05) is 61.0 Å². The van der Waals surface area contributed by atoms with Crippen molar-refractivity contribution >= 4 is 23.2 Å². The van der Waals surface area contributed by atoms with E-state index in [-0.39, 0.29) is 12.3 Å². The minimum atomic E-state index is -0.491. The van der Waals surface area contributed by atoms with E-state index >= 15 is 0 Å². The van der Waals surface area contributed by atoms with Crippen LogP contribution in [0.5, 0.6) is 0 Å². The summed E-state index contributed by atoms with van der Waals surface area (Å²) >= 11 is 6.22. The molecular weight excluding hydrogens is 496 g/mol. The summed E-state index contributed by atoms with van der Waals surface area (Å²) in [6, 6.07) is 22.2. The van der Waals surface area contributed by atoms with Crippen molar-refractivity contribution in [2.24, 2.45) is 4.99 Å². The molecule has 0 aliphatic carbocycles. The fraction of sp³-hybridized carbons (Fsp3) is 0.267. The van der Waals surface area contributed by atoms with Gasteiger partial charge in [-0.25, -0.2) is 0 Å². The Labute approximate surface area is 228 Å². The lowest BCUT2D eigenvalue weighted by atomic mass is 9.95. The van der Waals surface area contributed by atoms with Gasteiger partial charge >= 0.3 is 0 Å². The van der Waals surface area contributed by atoms with Gasteiger partial charge in [0, 0.05) is 29.2 Å². The molecule has 1 atom stereocenters. The first-order valence-corrected chi connectivity index (χ1v) is 13.3. The second-order valence-corrected chi connectivity index (χ2v) is 9.74. The largest absolute Gasteiger partial charge is 0.356 e. The molecule has 3 aromatic carbocycles. The lowest BCUT2D eigenvalue weighted by Gasteiger charge is -2.15. The predicted molar refractivity (Wildman–Crippen MR) is 152 cm³/mol. The number of nitrogens with one attached hydrogen (secondary N) is 2. The maximum atomic E-state index is 12.7. The number of fused-ring (bicyclic) bond motifs is 3. The Kier molecular flexibility index (Phi) is 7.67. The van der Waals surface area contributed by atoms with E-state index in [1.54, 1.807) is 0 Å². The number of hydrogen-bond donors (Lipinski definition) is 2. The van der Waals surface area contributed by atoms with Crippen LogP contribution in [0.1, 0.15) is 54.6 Å². The highest BCUT2D eigenvalue weighted by Crippen LogP contribution is 2.35. The van der Waals surface area contributed by atoms with E-state index < -0.39 is 6.04 Å². The summed E-state index contributed by atoms with van der Waals surface area (Å²) in [5.41, 5.74) is 7.03. The standard InChI is InChI=1S/C30H31ClN6O/c1-4-32-18-20-6-8-21(9-7-20)23-12-15-27-25(16-23)29(22-10-13-24(31)14-11-22)34-26(17-28(38)33-5-2)30-36-35-19(3)37(27)30/h6-16,26,32H,4-5,17-18H2,1-3H3,(H,33,38). The highest BCUT2D eigenvalue weighted by molar-refractivity contribution is 6.30. The van der Waals surface area contributed by atoms with Crippen LogP contribution < -0.4 is 10.6 Å². The van der Waals surface area contributed by atoms with Gasteiger partial charge in [0.15, 0.2) is 5.82 Å². The van der Waals surface area contributed by atoms with Gasteiger partial charge in [0.25, 0.3) is 0 Å². The number of halogens is 1. The quantitative estimate of drug-likeness (QED) is 0.321. The van der Waals surface area contributed by atoms with Gasteiger partial charge in [0.1, 0.15) is 11.9 Å². The van der Waals surface area contributed by atoms with Crippen LogP contribution in [0.3, 0.4) is 0 Å². The van der Waals surface area contributed by atoms with Crippen LogP contribution in [0.2, 0.25) is 5.02 Å². The topological polar surface area (TPSA) is 84.2 Å². The molecule has 194 valence electrons. The number of rotatable bonds is 8. The van der Waals surface area contributed by atoms with Gasteiger partial charge in [0.2, 0.25) is 5.91 Å². The molecular formula is C30H31ClN6O. The van der Waals surface area contributed by atoms with E-state index in [4.69, 9.17) is 16.6 Å². The summed E-state index contributed by atoms with van der Waals surface area (Å²) in [7, 11) is 0. The highest BCUT2D eigenvalue weighted by atomic mass is 35.5. The lowest BCUT2D eigenvalue weighted by Crippen LogP contribution is -2.25. The van der Waals surface area contributed by atoms with Gasteiger partial charge in [-0.15, -0.1) is 10.2 Å². The molecule has 7 nitrogen and oxygen atoms in total. The second-order valence-electron chi connectivity index (χ2n) is 9.31. The number of aryl methyl sites for hydroxylation is 1. The van der Waals surface area contributed by atoms with Crippen molar-refractivity contribution < 1.29 is 4.79 Å². The van der Waals surface area contributed by atoms with E-state index in [1.807, 2.05) is 42.7 Å². The molecule has 4 aromatic rings. The first-order chi connectivity index (χ1) is 18.5. The van der Waals surface area contributed by atoms with Crippen LogP contribution in [-0.2, 0) is 11.3 Å². The Morgan fingerprint density at radius 2 is 1.63 bits per heavy atom. The summed E-state index contributed by atoms with van der Waals surface area (Å²) in [5, 5.41) is 15.7. The van der Waals surface area contributed by atoms with Gasteiger partial charge in [0.05, 0.1) is 17.8 Å². The average molecular weight is 527 g/mol. The number of aromatic nitrogens is 3. The monoisotopic (exact) mass is 526 g/mol. The summed E-state index contributed by atoms with van der Waals surface area (Å²) in [4.78, 5) is 17.8. The Hall–Kier alpha value is -3.81. The molecule has 1 aliphatic rings. The summed E-state index contributed by atoms with van der Waals surface area (Å²) < 4.78 is 2.02. The Balaban J connectivity index is 1.66. The third-order valence-corrected chi connectivity index (χ3v) is 6.91. The molecule has 8 heteroatoms. The number of aliphatic imine (C=N–C) groups is 1. The molecule has 5 rings (SSSR count). The number of carbonyl (C=O) groups excluding carboxylic acids is 1. The fourth-order valence-corrected chi connectivity index (χ4v) is 4.91. The van der Waals surface area contributed by atoms with Gasteiger partial charge in [-0.3, -0.25) is 14.4 Å². The second kappa shape index (κ2) is 11.3. The zero-order chi connectivity index (χ0) is 26.6. The van der Waals surface area contributed by atoms with Gasteiger partial charge < -0.3 is 10.6 Å². The SMILES string of the molecule is CCNCc1ccc(-c2ccc3c(c2)C(c2ccc(Cl)cc2)=NC(CC(=O)NCC)c2nnc(C)n2-3)cc1. The fourth-order valence-electron chi connectivity index (χ4n) is 4.78. The van der Waals surface area contributed by atoms with E-state index in [2.05, 4.69) is 70.2 Å². The van der Waals surface area contributed by atoms with Crippen LogP contribution in [0.4, 0.5) is 0 Å². The normalized spacial score (nSPS) is 14.3. The smallest absolute Gasteiger partial charge is 0.222 e. The molecule has 38 heavy (non-hydrogen) atoms. The van der Waals surface area contributed by atoms with Crippen molar-refractivity contribution in [2.75, 3.05) is 13.1 Å². The molecule has 0 saturated carbocycles. The van der Waals surface area contributed by atoms with Crippen molar-refractivity contribution in [3.63, 3.8) is 0 Å². The molecule has 0 saturated heterocycles. The average Bonchev–Trinajstić information content (AvgIpc) is 3.25. The van der Waals surface area contributed by atoms with E-state index in [0.717, 1.165) is 52.6 Å². The van der Waals surface area contributed by atoms with Gasteiger partial charge in [-0.2, -0.15) is 0 Å². The van der Waals surface area contributed by atoms with Gasteiger partial charge in [-0.05, 0) is 61.3 Å². The summed E-state index contributed by atoms with van der Waals surface area (Å²) in [6.45, 7) is 8.27. The van der Waals surface area contributed by atoms with Crippen molar-refractivity contribution in [3.8, 4) is 16.8 Å². The van der Waals surface area contributed by atoms with E-state index in [9.17, 15) is 4.79 Å². The van der Waals surface area contributed by atoms with Crippen LogP contribution in [0.15, 0.2) is 71.7 Å². The number of benzene rings is 3. The van der Waals surface area contributed by atoms with Crippen LogP contribution in [0, 0.1) is 6.92 Å². The minimum Gasteiger partial charge on any atom is -0.356 e. The zero-order valence-corrected chi connectivity index (χ0v) is 22.6. The molecule has 2 heterocycles. The first kappa shape index (κ1) is 25.8. The third-order valence-electron chi connectivity index (χ3n) is 6.66. The molecule has 0 spiro atoms. The molecule has 1 unspecified atom stereocenters. The van der Waals surface area contributed by atoms with Crippen LogP contribution in [-0.4, -0.2) is 39.5 Å². The first-order valence-electron chi connectivity index (χ1n) is 13.0. The number of hydrogen-bond acceptors (Lipinski definition) is 5.